The number of rotatable bonds is 6. The fourth-order valence-corrected chi connectivity index (χ4v) is 7.67. The van der Waals surface area contributed by atoms with Gasteiger partial charge in [0, 0.05) is 57.9 Å². The zero-order chi connectivity index (χ0) is 24.5. The largest absolute Gasteiger partial charge is 0.381 e. The molecule has 2 saturated carbocycles. The third kappa shape index (κ3) is 5.30. The van der Waals surface area contributed by atoms with Crippen LogP contribution in [0.5, 0.6) is 0 Å². The lowest BCUT2D eigenvalue weighted by molar-refractivity contribution is -0.144. The summed E-state index contributed by atoms with van der Waals surface area (Å²) in [5, 5.41) is 10.5. The fraction of sp³-hybridized carbons (Fsp3) is 0.923. The highest BCUT2D eigenvalue weighted by Gasteiger charge is 2.49. The average Bonchev–Trinajstić information content (AvgIpc) is 3.58. The number of hydrazone groups is 1. The van der Waals surface area contributed by atoms with E-state index < -0.39 is 0 Å². The average molecular weight is 512 g/mol. The van der Waals surface area contributed by atoms with Gasteiger partial charge in [0.1, 0.15) is 6.10 Å². The van der Waals surface area contributed by atoms with Crippen LogP contribution in [0.4, 0.5) is 0 Å². The van der Waals surface area contributed by atoms with Crippen molar-refractivity contribution < 1.29 is 23.7 Å². The molecule has 3 aliphatic heterocycles. The zero-order valence-electron chi connectivity index (χ0n) is 21.4. The van der Waals surface area contributed by atoms with Crippen molar-refractivity contribution >= 4 is 23.2 Å². The number of nitrogens with one attached hydrogen (secondary N) is 1. The highest BCUT2D eigenvalue weighted by Crippen LogP contribution is 2.43. The van der Waals surface area contributed by atoms with Crippen molar-refractivity contribution in [1.29, 1.82) is 0 Å². The van der Waals surface area contributed by atoms with E-state index in [1.54, 1.807) is 26.3 Å². The molecule has 0 aromatic heterocycles. The van der Waals surface area contributed by atoms with E-state index in [2.05, 4.69) is 5.32 Å². The normalized spacial score (nSPS) is 44.2. The first-order valence-corrected chi connectivity index (χ1v) is 14.0. The van der Waals surface area contributed by atoms with Gasteiger partial charge in [-0.05, 0) is 63.7 Å². The van der Waals surface area contributed by atoms with Gasteiger partial charge < -0.3 is 18.9 Å². The topological polar surface area (TPSA) is 81.6 Å². The quantitative estimate of drug-likeness (QED) is 0.435. The Morgan fingerprint density at radius 1 is 1.03 bits per heavy atom. The predicted molar refractivity (Wildman–Crippen MR) is 133 cm³/mol. The summed E-state index contributed by atoms with van der Waals surface area (Å²) in [7, 11) is 5.31. The van der Waals surface area contributed by atoms with E-state index in [9.17, 15) is 4.79 Å². The molecule has 198 valence electrons. The smallest absolute Gasteiger partial charge is 0.272 e. The number of hydrogen-bond donors (Lipinski definition) is 1. The molecule has 0 aromatic carbocycles. The second-order valence-electron chi connectivity index (χ2n) is 11.1. The molecule has 0 bridgehead atoms. The van der Waals surface area contributed by atoms with Gasteiger partial charge in [0.05, 0.1) is 29.9 Å². The first kappa shape index (κ1) is 25.9. The molecule has 1 amide bonds. The van der Waals surface area contributed by atoms with Gasteiger partial charge in [0.2, 0.25) is 0 Å². The first-order chi connectivity index (χ1) is 17.0. The molecule has 4 fully saturated rings. The molecule has 1 N–H and O–H groups in total. The molecule has 35 heavy (non-hydrogen) atoms. The summed E-state index contributed by atoms with van der Waals surface area (Å²) < 4.78 is 22.8. The SMILES string of the molecule is COC1CCC2CC(C3CC(C4CCC(OC)C(OC)C4)=NN3C(=O)C3CCCO3)C(Cl)NC2C1. The van der Waals surface area contributed by atoms with Crippen LogP contribution < -0.4 is 5.32 Å². The van der Waals surface area contributed by atoms with Crippen LogP contribution in [0.25, 0.3) is 0 Å². The molecule has 3 heterocycles. The third-order valence-corrected chi connectivity index (χ3v) is 9.75. The Morgan fingerprint density at radius 3 is 2.57 bits per heavy atom. The van der Waals surface area contributed by atoms with Crippen LogP contribution in [-0.2, 0) is 23.7 Å². The second-order valence-corrected chi connectivity index (χ2v) is 11.6. The number of hydrogen-bond acceptors (Lipinski definition) is 7. The number of carbonyl (C=O) groups excluding carboxylic acids is 1. The minimum Gasteiger partial charge on any atom is -0.381 e. The maximum atomic E-state index is 13.6. The minimum atomic E-state index is -0.383. The summed E-state index contributed by atoms with van der Waals surface area (Å²) in [5.74, 6) is 1.01. The Hall–Kier alpha value is -0.770. The van der Waals surface area contributed by atoms with Crippen molar-refractivity contribution in [2.24, 2.45) is 22.9 Å². The Labute approximate surface area is 214 Å². The predicted octanol–water partition coefficient (Wildman–Crippen LogP) is 3.31. The molecule has 10 unspecified atom stereocenters. The van der Waals surface area contributed by atoms with Crippen LogP contribution in [0.2, 0.25) is 0 Å². The van der Waals surface area contributed by atoms with Crippen LogP contribution in [0.1, 0.15) is 64.2 Å². The zero-order valence-corrected chi connectivity index (χ0v) is 22.1. The van der Waals surface area contributed by atoms with Crippen molar-refractivity contribution in [3.63, 3.8) is 0 Å². The number of fused-ring (bicyclic) bond motifs is 1. The summed E-state index contributed by atoms with van der Waals surface area (Å²) in [6.45, 7) is 0.648. The van der Waals surface area contributed by atoms with E-state index in [1.807, 2.05) is 0 Å². The van der Waals surface area contributed by atoms with E-state index in [-0.39, 0.29) is 41.7 Å². The molecule has 9 heteroatoms. The van der Waals surface area contributed by atoms with E-state index in [0.717, 1.165) is 69.9 Å². The van der Waals surface area contributed by atoms with Gasteiger partial charge in [-0.25, -0.2) is 5.01 Å². The Kier molecular flexibility index (Phi) is 8.36. The lowest BCUT2D eigenvalue weighted by Gasteiger charge is -2.47. The van der Waals surface area contributed by atoms with E-state index in [1.165, 1.54) is 0 Å². The number of ether oxygens (including phenoxy) is 4. The number of halogens is 1. The molecule has 0 aromatic rings. The number of amides is 1. The summed E-state index contributed by atoms with van der Waals surface area (Å²) in [6, 6.07) is 0.349. The molecule has 8 nitrogen and oxygen atoms in total. The van der Waals surface area contributed by atoms with Gasteiger partial charge in [-0.2, -0.15) is 5.10 Å². The van der Waals surface area contributed by atoms with Crippen molar-refractivity contribution in [3.8, 4) is 0 Å². The van der Waals surface area contributed by atoms with E-state index in [0.29, 0.717) is 30.6 Å². The van der Waals surface area contributed by atoms with Crippen LogP contribution in [0.3, 0.4) is 0 Å². The lowest BCUT2D eigenvalue weighted by atomic mass is 9.72. The Balaban J connectivity index is 1.34. The molecule has 5 rings (SSSR count). The van der Waals surface area contributed by atoms with Crippen molar-refractivity contribution in [2.45, 2.75) is 106 Å². The maximum absolute atomic E-state index is 13.6. The van der Waals surface area contributed by atoms with Crippen LogP contribution >= 0.6 is 11.6 Å². The van der Waals surface area contributed by atoms with Crippen LogP contribution in [0.15, 0.2) is 5.10 Å². The Morgan fingerprint density at radius 2 is 1.86 bits per heavy atom. The van der Waals surface area contributed by atoms with Gasteiger partial charge >= 0.3 is 0 Å². The van der Waals surface area contributed by atoms with Crippen molar-refractivity contribution in [2.75, 3.05) is 27.9 Å². The molecule has 2 saturated heterocycles. The highest BCUT2D eigenvalue weighted by molar-refractivity contribution is 6.20. The number of methoxy groups -OCH3 is 3. The van der Waals surface area contributed by atoms with Gasteiger partial charge in [-0.3, -0.25) is 10.1 Å². The van der Waals surface area contributed by atoms with Gasteiger partial charge in [-0.1, -0.05) is 0 Å². The molecule has 5 aliphatic rings. The fourth-order valence-electron chi connectivity index (χ4n) is 7.23. The van der Waals surface area contributed by atoms with Crippen molar-refractivity contribution in [1.82, 2.24) is 10.3 Å². The second kappa shape index (κ2) is 11.3. The summed E-state index contributed by atoms with van der Waals surface area (Å²) >= 11 is 7.01. The minimum absolute atomic E-state index is 0.00505. The van der Waals surface area contributed by atoms with Gasteiger partial charge in [0.25, 0.3) is 5.91 Å². The number of piperidine rings is 1. The monoisotopic (exact) mass is 511 g/mol. The number of nitrogens with zero attached hydrogens (tertiary/aromatic N) is 2. The van der Waals surface area contributed by atoms with Crippen LogP contribution in [-0.4, -0.2) is 86.6 Å². The van der Waals surface area contributed by atoms with Gasteiger partial charge in [-0.15, -0.1) is 11.6 Å². The molecule has 2 aliphatic carbocycles. The molecule has 10 atom stereocenters. The summed E-state index contributed by atoms with van der Waals surface area (Å²) in [6.07, 6.45) is 9.63. The molecular formula is C26H42ClN3O5. The van der Waals surface area contributed by atoms with Crippen LogP contribution in [0, 0.1) is 17.8 Å². The number of carbonyl (C=O) groups is 1. The maximum Gasteiger partial charge on any atom is 0.272 e. The summed E-state index contributed by atoms with van der Waals surface area (Å²) in [4.78, 5) is 13.6. The first-order valence-electron chi connectivity index (χ1n) is 13.5. The number of alkyl halides is 1. The Bertz CT molecular complexity index is 778. The molecule has 0 radical (unpaired) electrons. The lowest BCUT2D eigenvalue weighted by Crippen LogP contribution is -2.58. The third-order valence-electron chi connectivity index (χ3n) is 9.30. The van der Waals surface area contributed by atoms with E-state index >= 15 is 0 Å². The van der Waals surface area contributed by atoms with E-state index in [4.69, 9.17) is 35.6 Å². The standard InChI is InChI=1S/C26H42ClN3O5/c1-32-17-8-6-15-11-18(25(27)28-19(15)13-17)21-14-20(16-7-9-22(33-2)24(12-16)34-3)29-30(21)26(31)23-5-4-10-35-23/h15-19,21-25,28H,4-14H2,1-3H3. The molecular weight excluding hydrogens is 470 g/mol. The summed E-state index contributed by atoms with van der Waals surface area (Å²) in [5.41, 5.74) is 0.925. The van der Waals surface area contributed by atoms with Gasteiger partial charge in [0.15, 0.2) is 0 Å². The molecule has 0 spiro atoms. The van der Waals surface area contributed by atoms with Crippen molar-refractivity contribution in [3.05, 3.63) is 0 Å². The highest BCUT2D eigenvalue weighted by atomic mass is 35.5.